The highest BCUT2D eigenvalue weighted by Gasteiger charge is 2.26. The second-order valence-electron chi connectivity index (χ2n) is 7.51. The summed E-state index contributed by atoms with van der Waals surface area (Å²) in [6.45, 7) is 4.91. The molecule has 5 nitrogen and oxygen atoms in total. The number of carbonyl (C=O) groups is 2. The van der Waals surface area contributed by atoms with Crippen LogP contribution in [0.3, 0.4) is 0 Å². The maximum atomic E-state index is 13.0. The second kappa shape index (κ2) is 8.11. The normalized spacial score (nSPS) is 15.7. The second-order valence-corrected chi connectivity index (χ2v) is 7.51. The van der Waals surface area contributed by atoms with Crippen LogP contribution in [0, 0.1) is 0 Å². The number of Topliss-reactive ketones (excluding diaryl/α,β-unsaturated/α-hetero) is 1. The Morgan fingerprint density at radius 1 is 1.00 bits per heavy atom. The predicted octanol–water partition coefficient (Wildman–Crippen LogP) is 3.58. The minimum absolute atomic E-state index is 0.110. The van der Waals surface area contributed by atoms with Crippen LogP contribution >= 0.6 is 0 Å². The molecule has 1 fully saturated rings. The fourth-order valence-corrected chi connectivity index (χ4v) is 4.01. The molecule has 0 aromatic heterocycles. The maximum absolute atomic E-state index is 13.0. The van der Waals surface area contributed by atoms with Crippen LogP contribution < -0.4 is 9.64 Å². The van der Waals surface area contributed by atoms with Crippen LogP contribution in [-0.4, -0.2) is 49.9 Å². The molecular weight excluding hydrogens is 364 g/mol. The maximum Gasteiger partial charge on any atom is 0.250 e. The van der Waals surface area contributed by atoms with Gasteiger partial charge in [0.05, 0.1) is 7.11 Å². The third-order valence-corrected chi connectivity index (χ3v) is 5.78. The van der Waals surface area contributed by atoms with E-state index >= 15 is 0 Å². The zero-order chi connectivity index (χ0) is 20.4. The number of rotatable bonds is 5. The molecule has 1 amide bonds. The van der Waals surface area contributed by atoms with E-state index in [1.54, 1.807) is 7.11 Å². The molecule has 0 N–H and O–H groups in total. The van der Waals surface area contributed by atoms with Gasteiger partial charge in [0.15, 0.2) is 5.78 Å². The molecule has 1 saturated heterocycles. The number of nitrogens with zero attached hydrogens (tertiary/aromatic N) is 2. The number of benzene rings is 2. The number of hydrogen-bond donors (Lipinski definition) is 0. The highest BCUT2D eigenvalue weighted by atomic mass is 16.5. The molecule has 2 aromatic rings. The third-order valence-electron chi connectivity index (χ3n) is 5.78. The Hall–Kier alpha value is -3.08. The first kappa shape index (κ1) is 19.2. The molecule has 2 aromatic carbocycles. The van der Waals surface area contributed by atoms with Crippen molar-refractivity contribution < 1.29 is 14.3 Å². The minimum Gasteiger partial charge on any atom is -0.497 e. The van der Waals surface area contributed by atoms with E-state index in [1.807, 2.05) is 48.2 Å². The quantitative estimate of drug-likeness (QED) is 0.733. The zero-order valence-corrected chi connectivity index (χ0v) is 17.0. The van der Waals surface area contributed by atoms with Gasteiger partial charge in [-0.3, -0.25) is 9.59 Å². The molecule has 0 saturated carbocycles. The van der Waals surface area contributed by atoms with Gasteiger partial charge in [0, 0.05) is 55.8 Å². The fourth-order valence-electron chi connectivity index (χ4n) is 4.01. The van der Waals surface area contributed by atoms with E-state index in [-0.39, 0.29) is 11.7 Å². The molecule has 0 atom stereocenters. The van der Waals surface area contributed by atoms with Crippen molar-refractivity contribution >= 4 is 23.5 Å². The number of ether oxygens (including phenoxy) is 1. The summed E-state index contributed by atoms with van der Waals surface area (Å²) in [7, 11) is 1.66. The van der Waals surface area contributed by atoms with Crippen molar-refractivity contribution in [2.45, 2.75) is 19.8 Å². The van der Waals surface area contributed by atoms with Gasteiger partial charge in [0.25, 0.3) is 0 Å². The monoisotopic (exact) mass is 390 g/mol. The number of fused-ring (bicyclic) bond motifs is 1. The summed E-state index contributed by atoms with van der Waals surface area (Å²) in [6.07, 6.45) is 3.10. The SMILES string of the molecule is CCC(=O)c1ccc2c(c1)C=C(C(=O)N1CCN(c3ccc(OC)cc3)CC1)C2. The van der Waals surface area contributed by atoms with Crippen molar-refractivity contribution in [3.8, 4) is 5.75 Å². The molecule has 0 bridgehead atoms. The third kappa shape index (κ3) is 3.90. The van der Waals surface area contributed by atoms with E-state index in [9.17, 15) is 9.59 Å². The first-order valence-corrected chi connectivity index (χ1v) is 10.1. The topological polar surface area (TPSA) is 49.9 Å². The molecule has 2 aliphatic rings. The summed E-state index contributed by atoms with van der Waals surface area (Å²) in [6, 6.07) is 13.8. The predicted molar refractivity (Wildman–Crippen MR) is 115 cm³/mol. The molecule has 1 aliphatic heterocycles. The van der Waals surface area contributed by atoms with Gasteiger partial charge in [-0.2, -0.15) is 0 Å². The Morgan fingerprint density at radius 3 is 2.38 bits per heavy atom. The highest BCUT2D eigenvalue weighted by Crippen LogP contribution is 2.28. The molecular formula is C24H26N2O3. The molecule has 0 spiro atoms. The number of piperazine rings is 1. The van der Waals surface area contributed by atoms with Gasteiger partial charge in [-0.05, 0) is 47.5 Å². The van der Waals surface area contributed by atoms with Crippen molar-refractivity contribution in [2.24, 2.45) is 0 Å². The van der Waals surface area contributed by atoms with Crippen LogP contribution in [0.2, 0.25) is 0 Å². The standard InChI is InChI=1S/C24H26N2O3/c1-3-23(27)18-5-4-17-14-20(16-19(17)15-18)24(28)26-12-10-25(11-13-26)21-6-8-22(29-2)9-7-21/h4-9,15-16H,3,10-14H2,1-2H3. The average molecular weight is 390 g/mol. The van der Waals surface area contributed by atoms with Crippen LogP contribution in [0.25, 0.3) is 6.08 Å². The number of ketones is 1. The van der Waals surface area contributed by atoms with E-state index in [1.165, 1.54) is 0 Å². The van der Waals surface area contributed by atoms with Crippen molar-refractivity contribution in [1.82, 2.24) is 4.90 Å². The van der Waals surface area contributed by atoms with Gasteiger partial charge in [-0.15, -0.1) is 0 Å². The lowest BCUT2D eigenvalue weighted by Gasteiger charge is -2.36. The molecule has 1 aliphatic carbocycles. The van der Waals surface area contributed by atoms with Gasteiger partial charge >= 0.3 is 0 Å². The summed E-state index contributed by atoms with van der Waals surface area (Å²) in [5.41, 5.74) is 4.82. The number of methoxy groups -OCH3 is 1. The molecule has 1 heterocycles. The lowest BCUT2D eigenvalue weighted by molar-refractivity contribution is -0.127. The van der Waals surface area contributed by atoms with E-state index in [2.05, 4.69) is 17.0 Å². The van der Waals surface area contributed by atoms with E-state index in [0.717, 1.165) is 46.8 Å². The molecule has 4 rings (SSSR count). The van der Waals surface area contributed by atoms with Crippen LogP contribution in [0.1, 0.15) is 34.8 Å². The Balaban J connectivity index is 1.40. The van der Waals surface area contributed by atoms with Gasteiger partial charge in [0.1, 0.15) is 5.75 Å². The van der Waals surface area contributed by atoms with Crippen molar-refractivity contribution in [3.63, 3.8) is 0 Å². The zero-order valence-electron chi connectivity index (χ0n) is 17.0. The Bertz CT molecular complexity index is 955. The Kier molecular flexibility index (Phi) is 5.38. The number of hydrogen-bond acceptors (Lipinski definition) is 4. The first-order valence-electron chi connectivity index (χ1n) is 10.1. The smallest absolute Gasteiger partial charge is 0.250 e. The van der Waals surface area contributed by atoms with Gasteiger partial charge in [0.2, 0.25) is 5.91 Å². The number of carbonyl (C=O) groups excluding carboxylic acids is 2. The minimum atomic E-state index is 0.110. The summed E-state index contributed by atoms with van der Waals surface area (Å²) in [5.74, 6) is 1.09. The summed E-state index contributed by atoms with van der Waals surface area (Å²) in [5, 5.41) is 0. The molecule has 29 heavy (non-hydrogen) atoms. The lowest BCUT2D eigenvalue weighted by Crippen LogP contribution is -2.49. The number of amides is 1. The molecule has 150 valence electrons. The largest absolute Gasteiger partial charge is 0.497 e. The lowest BCUT2D eigenvalue weighted by atomic mass is 10.0. The Morgan fingerprint density at radius 2 is 1.72 bits per heavy atom. The van der Waals surface area contributed by atoms with Crippen molar-refractivity contribution in [3.05, 3.63) is 64.7 Å². The summed E-state index contributed by atoms with van der Waals surface area (Å²) >= 11 is 0. The van der Waals surface area contributed by atoms with Crippen LogP contribution in [-0.2, 0) is 11.2 Å². The Labute approximate surface area is 171 Å². The molecule has 0 radical (unpaired) electrons. The highest BCUT2D eigenvalue weighted by molar-refractivity contribution is 6.02. The van der Waals surface area contributed by atoms with Crippen LogP contribution in [0.15, 0.2) is 48.0 Å². The summed E-state index contributed by atoms with van der Waals surface area (Å²) < 4.78 is 5.22. The summed E-state index contributed by atoms with van der Waals surface area (Å²) in [4.78, 5) is 29.2. The van der Waals surface area contributed by atoms with E-state index < -0.39 is 0 Å². The fraction of sp³-hybridized carbons (Fsp3) is 0.333. The van der Waals surface area contributed by atoms with Crippen molar-refractivity contribution in [2.75, 3.05) is 38.2 Å². The van der Waals surface area contributed by atoms with Crippen LogP contribution in [0.4, 0.5) is 5.69 Å². The van der Waals surface area contributed by atoms with E-state index in [4.69, 9.17) is 4.74 Å². The molecule has 0 unspecified atom stereocenters. The number of anilines is 1. The van der Waals surface area contributed by atoms with Gasteiger partial charge in [-0.1, -0.05) is 19.1 Å². The average Bonchev–Trinajstić information content (AvgIpc) is 3.21. The van der Waals surface area contributed by atoms with Crippen LogP contribution in [0.5, 0.6) is 5.75 Å². The van der Waals surface area contributed by atoms with Crippen molar-refractivity contribution in [1.29, 1.82) is 0 Å². The van der Waals surface area contributed by atoms with E-state index in [0.29, 0.717) is 25.9 Å². The van der Waals surface area contributed by atoms with Gasteiger partial charge in [-0.25, -0.2) is 0 Å². The first-order chi connectivity index (χ1) is 14.1. The van der Waals surface area contributed by atoms with Gasteiger partial charge < -0.3 is 14.5 Å². The molecule has 5 heteroatoms.